The smallest absolute Gasteiger partial charge is 0.308 e. The van der Waals surface area contributed by atoms with Crippen LogP contribution in [0, 0.1) is 67.5 Å². The van der Waals surface area contributed by atoms with Crippen molar-refractivity contribution in [1.29, 1.82) is 0 Å². The van der Waals surface area contributed by atoms with E-state index in [9.17, 15) is 19.5 Å². The molecule has 0 aliphatic heterocycles. The van der Waals surface area contributed by atoms with Gasteiger partial charge in [-0.2, -0.15) is 0 Å². The lowest BCUT2D eigenvalue weighted by Crippen LogP contribution is -2.62. The molecule has 13 atom stereocenters. The van der Waals surface area contributed by atoms with Crippen molar-refractivity contribution in [3.8, 4) is 11.5 Å². The van der Waals surface area contributed by atoms with Gasteiger partial charge in [0.05, 0.1) is 0 Å². The van der Waals surface area contributed by atoms with Crippen LogP contribution in [0.5, 0.6) is 11.5 Å². The quantitative estimate of drug-likeness (QED) is 0.155. The lowest BCUT2D eigenvalue weighted by molar-refractivity contribution is -0.162. The Kier molecular flexibility index (Phi) is 17.1. The maximum absolute atomic E-state index is 12.7. The standard InChI is InChI=1S/C38H57NO4S.C31H45NO2.2CH4/c1-23(2)44-29-20-30-36(8,27-19-28(42-25(4)40)33(43-26(5)41)24(3)32(27)29)16-18-38(10)31-21-34(6,22-39(11)12)13-14-35(31,7)15-17-37(30,38)9;1-20-21-9-10-24-29(4,22(21)17-23(33)26(20)34)14-16-31(6)25-18-27(2,19-32(7)8)11-12-28(25,3)13-15-30(24,31)5;;/h19-20,23,29,31H,13-18,21-22H2,1-12H3;9-10,17,25,34H,11-16,18-19H2,1-8H3;2*1H4/t29?,31-,34-,35-,36+,37-,38+;25-,27-,28-,29+,30-,31+;;/m11../s1. The molecule has 9 aliphatic rings. The number of ether oxygens (including phenoxy) is 2. The first-order chi connectivity index (χ1) is 36.0. The largest absolute Gasteiger partial charge is 0.504 e. The van der Waals surface area contributed by atoms with Gasteiger partial charge in [0, 0.05) is 54.2 Å². The molecular formula is C71H110N2O6S. The van der Waals surface area contributed by atoms with Gasteiger partial charge in [0.2, 0.25) is 5.78 Å². The molecule has 6 fully saturated rings. The molecule has 80 heavy (non-hydrogen) atoms. The summed E-state index contributed by atoms with van der Waals surface area (Å²) in [6, 6.07) is 2.05. The number of nitrogens with zero attached hydrogens (tertiary/aromatic N) is 2. The van der Waals surface area contributed by atoms with Crippen LogP contribution in [0.4, 0.5) is 0 Å². The highest BCUT2D eigenvalue weighted by Crippen LogP contribution is 2.77. The molecule has 9 heteroatoms. The highest BCUT2D eigenvalue weighted by Gasteiger charge is 2.69. The lowest BCUT2D eigenvalue weighted by atomic mass is 9.34. The molecule has 0 heterocycles. The molecule has 6 saturated carbocycles. The van der Waals surface area contributed by atoms with Crippen molar-refractivity contribution in [1.82, 2.24) is 9.80 Å². The zero-order chi connectivity index (χ0) is 57.5. The number of carbonyl (C=O) groups is 3. The molecule has 1 N–H and O–H groups in total. The number of aliphatic hydroxyl groups is 1. The van der Waals surface area contributed by atoms with Crippen LogP contribution < -0.4 is 9.47 Å². The summed E-state index contributed by atoms with van der Waals surface area (Å²) in [6.07, 6.45) is 26.4. The molecular weight excluding hydrogens is 1010 g/mol. The molecule has 1 aromatic carbocycles. The third kappa shape index (κ3) is 9.94. The van der Waals surface area contributed by atoms with E-state index < -0.39 is 11.9 Å². The van der Waals surface area contributed by atoms with Gasteiger partial charge in [0.25, 0.3) is 0 Å². The van der Waals surface area contributed by atoms with E-state index in [1.54, 1.807) is 11.6 Å². The second-order valence-corrected chi connectivity index (χ2v) is 32.5. The third-order valence-corrected chi connectivity index (χ3v) is 25.6. The lowest BCUT2D eigenvalue weighted by Gasteiger charge is -2.70. The Labute approximate surface area is 491 Å². The van der Waals surface area contributed by atoms with E-state index in [1.807, 2.05) is 25.6 Å². The minimum Gasteiger partial charge on any atom is -0.504 e. The number of ketones is 1. The minimum absolute atomic E-state index is 0. The summed E-state index contributed by atoms with van der Waals surface area (Å²) in [5.41, 5.74) is 11.2. The fraction of sp³-hybridized carbons (Fsp3) is 0.732. The van der Waals surface area contributed by atoms with Crippen molar-refractivity contribution in [3.05, 3.63) is 80.7 Å². The fourth-order valence-corrected chi connectivity index (χ4v) is 21.2. The molecule has 9 aliphatic carbocycles. The summed E-state index contributed by atoms with van der Waals surface area (Å²) in [5.74, 6) is 0.987. The van der Waals surface area contributed by atoms with Gasteiger partial charge in [-0.15, -0.1) is 11.8 Å². The normalized spacial score (nSPS) is 40.4. The van der Waals surface area contributed by atoms with E-state index in [2.05, 4.69) is 145 Å². The summed E-state index contributed by atoms with van der Waals surface area (Å²) in [7, 11) is 8.91. The Morgan fingerprint density at radius 2 is 1.14 bits per heavy atom. The first kappa shape index (κ1) is 64.2. The molecule has 1 unspecified atom stereocenters. The molecule has 8 nitrogen and oxygen atoms in total. The minimum atomic E-state index is -0.410. The van der Waals surface area contributed by atoms with E-state index in [-0.39, 0.29) is 64.1 Å². The van der Waals surface area contributed by atoms with Gasteiger partial charge in [-0.3, -0.25) is 14.4 Å². The molecule has 0 spiro atoms. The molecule has 10 rings (SSSR count). The number of allylic oxidation sites excluding steroid dienone is 8. The maximum Gasteiger partial charge on any atom is 0.308 e. The summed E-state index contributed by atoms with van der Waals surface area (Å²) in [6.45, 7) is 39.1. The van der Waals surface area contributed by atoms with Crippen LogP contribution in [0.1, 0.15) is 231 Å². The van der Waals surface area contributed by atoms with Crippen LogP contribution in [0.15, 0.2) is 64.0 Å². The fourth-order valence-electron chi connectivity index (χ4n) is 20.0. The zero-order valence-electron chi connectivity index (χ0n) is 52.3. The van der Waals surface area contributed by atoms with E-state index in [0.29, 0.717) is 50.2 Å². The molecule has 1 aromatic rings. The van der Waals surface area contributed by atoms with Crippen LogP contribution in [0.2, 0.25) is 0 Å². The molecule has 0 saturated heterocycles. The monoisotopic (exact) mass is 1120 g/mol. The van der Waals surface area contributed by atoms with Gasteiger partial charge in [-0.25, -0.2) is 0 Å². The van der Waals surface area contributed by atoms with Crippen molar-refractivity contribution in [2.24, 2.45) is 60.6 Å². The predicted octanol–water partition coefficient (Wildman–Crippen LogP) is 17.6. The van der Waals surface area contributed by atoms with Gasteiger partial charge in [-0.1, -0.05) is 127 Å². The van der Waals surface area contributed by atoms with Crippen molar-refractivity contribution < 1.29 is 29.0 Å². The number of thioether (sulfide) groups is 1. The van der Waals surface area contributed by atoms with Crippen molar-refractivity contribution in [2.45, 2.75) is 231 Å². The van der Waals surface area contributed by atoms with E-state index in [1.165, 1.54) is 114 Å². The SMILES string of the molecule is C.C.CC(=O)Oc1cc2c(c(C)c1OC(C)=O)C(SC(C)C)C=C1[C@@]2(C)CC[C@@]2(C)[C@@H]3C[C@](C)(CN(C)C)CC[C@]3(C)CC[C@]12C.CC1=C(O)C(=O)C=C2C1=CC=C1[C@@]2(C)CC[C@@]2(C)[C@@H]3C[C@](C)(CN(C)C)CC[C@]3(C)CC[C@]12C. The summed E-state index contributed by atoms with van der Waals surface area (Å²) in [5, 5.41) is 10.9. The Morgan fingerprint density at radius 1 is 0.662 bits per heavy atom. The van der Waals surface area contributed by atoms with Gasteiger partial charge in [0.1, 0.15) is 0 Å². The molecule has 446 valence electrons. The Bertz CT molecular complexity index is 2830. The molecule has 0 radical (unpaired) electrons. The van der Waals surface area contributed by atoms with E-state index in [0.717, 1.165) is 41.7 Å². The third-order valence-electron chi connectivity index (χ3n) is 24.4. The highest BCUT2D eigenvalue weighted by atomic mass is 32.2. The number of fused-ring (bicyclic) bond motifs is 14. The molecule has 0 aromatic heterocycles. The number of rotatable bonds is 8. The second-order valence-electron chi connectivity index (χ2n) is 30.8. The van der Waals surface area contributed by atoms with Gasteiger partial charge >= 0.3 is 11.9 Å². The second kappa shape index (κ2) is 21.3. The topological polar surface area (TPSA) is 96.4 Å². The average molecular weight is 1120 g/mol. The Hall–Kier alpha value is -3.40. The maximum atomic E-state index is 12.7. The number of aliphatic hydroxyl groups excluding tert-OH is 1. The van der Waals surface area contributed by atoms with Crippen LogP contribution in [0.3, 0.4) is 0 Å². The summed E-state index contributed by atoms with van der Waals surface area (Å²) < 4.78 is 11.5. The number of hydrogen-bond acceptors (Lipinski definition) is 9. The number of hydrogen-bond donors (Lipinski definition) is 1. The Balaban J connectivity index is 0.000000232. The van der Waals surface area contributed by atoms with Gasteiger partial charge < -0.3 is 24.4 Å². The molecule has 0 bridgehead atoms. The van der Waals surface area contributed by atoms with Crippen LogP contribution in [0.25, 0.3) is 0 Å². The van der Waals surface area contributed by atoms with Crippen molar-refractivity contribution in [2.75, 3.05) is 41.3 Å². The van der Waals surface area contributed by atoms with Crippen LogP contribution >= 0.6 is 11.8 Å². The Morgan fingerprint density at radius 3 is 1.61 bits per heavy atom. The summed E-state index contributed by atoms with van der Waals surface area (Å²) >= 11 is 1.97. The number of esters is 2. The zero-order valence-corrected chi connectivity index (χ0v) is 53.1. The van der Waals surface area contributed by atoms with Crippen molar-refractivity contribution >= 4 is 29.5 Å². The van der Waals surface area contributed by atoms with Gasteiger partial charge in [0.15, 0.2) is 17.3 Å². The number of carbonyl (C=O) groups excluding carboxylic acids is 3. The summed E-state index contributed by atoms with van der Waals surface area (Å²) in [4.78, 5) is 41.9. The highest BCUT2D eigenvalue weighted by molar-refractivity contribution is 8.00. The molecule has 0 amide bonds. The predicted molar refractivity (Wildman–Crippen MR) is 334 cm³/mol. The first-order valence-electron chi connectivity index (χ1n) is 30.3. The average Bonchev–Trinajstić information content (AvgIpc) is 3.52. The van der Waals surface area contributed by atoms with Crippen LogP contribution in [-0.2, 0) is 19.8 Å². The number of benzene rings is 1. The first-order valence-corrected chi connectivity index (χ1v) is 31.2. The van der Waals surface area contributed by atoms with E-state index >= 15 is 0 Å². The van der Waals surface area contributed by atoms with E-state index in [4.69, 9.17) is 9.47 Å². The van der Waals surface area contributed by atoms with Crippen molar-refractivity contribution in [3.63, 3.8) is 0 Å². The van der Waals surface area contributed by atoms with Gasteiger partial charge in [-0.05, 0) is 227 Å². The van der Waals surface area contributed by atoms with Crippen LogP contribution in [-0.4, -0.2) is 79.2 Å².